The molecule has 0 N–H and O–H groups in total. The van der Waals surface area contributed by atoms with Crippen LogP contribution in [0.15, 0.2) is 54.9 Å². The van der Waals surface area contributed by atoms with Gasteiger partial charge in [-0.15, -0.1) is 0 Å². The van der Waals surface area contributed by atoms with Crippen molar-refractivity contribution in [2.75, 3.05) is 33.3 Å². The van der Waals surface area contributed by atoms with Gasteiger partial charge in [-0.2, -0.15) is 5.10 Å². The molecule has 1 aromatic heterocycles. The zero-order chi connectivity index (χ0) is 22.7. The third-order valence-corrected chi connectivity index (χ3v) is 6.05. The molecule has 0 unspecified atom stereocenters. The van der Waals surface area contributed by atoms with Crippen molar-refractivity contribution < 1.29 is 14.3 Å². The highest BCUT2D eigenvalue weighted by molar-refractivity contribution is 6.31. The van der Waals surface area contributed by atoms with E-state index in [1.807, 2.05) is 43.3 Å². The zero-order valence-corrected chi connectivity index (χ0v) is 18.9. The third kappa shape index (κ3) is 4.62. The van der Waals surface area contributed by atoms with Gasteiger partial charge in [0, 0.05) is 43.0 Å². The Hall–Kier alpha value is -3.32. The van der Waals surface area contributed by atoms with Gasteiger partial charge in [-0.25, -0.2) is 0 Å². The molecule has 2 aromatic carbocycles. The van der Waals surface area contributed by atoms with Crippen molar-refractivity contribution in [2.24, 2.45) is 0 Å². The standard InChI is InChI=1S/C24H25ClN4O3/c1-17-7-8-18(13-22(17)32-2)23(30)27-9-11-28(12-10-27)24(31)20-14-26-29(16-20)15-19-5-3-4-6-21(19)25/h3-8,13-14,16H,9-12,15H2,1-2H3. The summed E-state index contributed by atoms with van der Waals surface area (Å²) in [4.78, 5) is 29.3. The molecule has 1 fully saturated rings. The molecule has 0 bridgehead atoms. The topological polar surface area (TPSA) is 67.7 Å². The van der Waals surface area contributed by atoms with Crippen molar-refractivity contribution in [1.82, 2.24) is 19.6 Å². The molecule has 0 radical (unpaired) electrons. The maximum atomic E-state index is 12.9. The van der Waals surface area contributed by atoms with Crippen molar-refractivity contribution in [2.45, 2.75) is 13.5 Å². The number of aromatic nitrogens is 2. The monoisotopic (exact) mass is 452 g/mol. The van der Waals surface area contributed by atoms with E-state index < -0.39 is 0 Å². The Balaban J connectivity index is 1.36. The SMILES string of the molecule is COc1cc(C(=O)N2CCN(C(=O)c3cnn(Cc4ccccc4Cl)c3)CC2)ccc1C. The number of nitrogens with zero attached hydrogens (tertiary/aromatic N) is 4. The van der Waals surface area contributed by atoms with Crippen LogP contribution in [0.1, 0.15) is 31.8 Å². The van der Waals surface area contributed by atoms with Crippen molar-refractivity contribution in [3.05, 3.63) is 82.1 Å². The molecular weight excluding hydrogens is 428 g/mol. The van der Waals surface area contributed by atoms with Crippen LogP contribution in [-0.2, 0) is 6.54 Å². The highest BCUT2D eigenvalue weighted by Gasteiger charge is 2.26. The van der Waals surface area contributed by atoms with Gasteiger partial charge >= 0.3 is 0 Å². The van der Waals surface area contributed by atoms with Gasteiger partial charge in [0.15, 0.2) is 0 Å². The molecule has 7 nitrogen and oxygen atoms in total. The fourth-order valence-corrected chi connectivity index (χ4v) is 3.99. The van der Waals surface area contributed by atoms with E-state index in [0.29, 0.717) is 54.6 Å². The van der Waals surface area contributed by atoms with Gasteiger partial charge in [-0.1, -0.05) is 35.9 Å². The largest absolute Gasteiger partial charge is 0.496 e. The maximum absolute atomic E-state index is 12.9. The lowest BCUT2D eigenvalue weighted by atomic mass is 10.1. The minimum absolute atomic E-state index is 0.0528. The predicted molar refractivity (Wildman–Crippen MR) is 122 cm³/mol. The summed E-state index contributed by atoms with van der Waals surface area (Å²) >= 11 is 6.22. The predicted octanol–water partition coefficient (Wildman–Crippen LogP) is 3.50. The lowest BCUT2D eigenvalue weighted by molar-refractivity contribution is 0.0535. The summed E-state index contributed by atoms with van der Waals surface area (Å²) in [6.45, 7) is 4.35. The second-order valence-electron chi connectivity index (χ2n) is 7.79. The number of benzene rings is 2. The van der Waals surface area contributed by atoms with Gasteiger partial charge in [0.05, 0.1) is 25.4 Å². The Kier molecular flexibility index (Phi) is 6.46. The summed E-state index contributed by atoms with van der Waals surface area (Å²) in [5.74, 6) is 0.556. The molecule has 1 saturated heterocycles. The van der Waals surface area contributed by atoms with Crippen LogP contribution in [0.4, 0.5) is 0 Å². The number of carbonyl (C=O) groups excluding carboxylic acids is 2. The number of rotatable bonds is 5. The van der Waals surface area contributed by atoms with Crippen molar-refractivity contribution in [1.29, 1.82) is 0 Å². The number of carbonyl (C=O) groups is 2. The number of hydrogen-bond acceptors (Lipinski definition) is 4. The Morgan fingerprint density at radius 1 is 1.00 bits per heavy atom. The van der Waals surface area contributed by atoms with Gasteiger partial charge in [-0.3, -0.25) is 14.3 Å². The van der Waals surface area contributed by atoms with E-state index in [1.165, 1.54) is 0 Å². The molecule has 2 amide bonds. The Labute approximate surface area is 192 Å². The van der Waals surface area contributed by atoms with Crippen LogP contribution in [0.3, 0.4) is 0 Å². The molecule has 166 valence electrons. The molecule has 1 aliphatic rings. The van der Waals surface area contributed by atoms with E-state index in [4.69, 9.17) is 16.3 Å². The van der Waals surface area contributed by atoms with E-state index >= 15 is 0 Å². The number of amides is 2. The van der Waals surface area contributed by atoms with Crippen molar-refractivity contribution in [3.8, 4) is 5.75 Å². The van der Waals surface area contributed by atoms with Gasteiger partial charge in [0.2, 0.25) is 0 Å². The quantitative estimate of drug-likeness (QED) is 0.594. The number of halogens is 1. The molecule has 0 atom stereocenters. The summed E-state index contributed by atoms with van der Waals surface area (Å²) in [6.07, 6.45) is 3.32. The lowest BCUT2D eigenvalue weighted by Gasteiger charge is -2.34. The molecule has 2 heterocycles. The number of ether oxygens (including phenoxy) is 1. The van der Waals surface area contributed by atoms with Gasteiger partial charge in [0.1, 0.15) is 5.75 Å². The molecule has 8 heteroatoms. The van der Waals surface area contributed by atoms with Gasteiger partial charge in [0.25, 0.3) is 11.8 Å². The fraction of sp³-hybridized carbons (Fsp3) is 0.292. The smallest absolute Gasteiger partial charge is 0.257 e. The first-order valence-electron chi connectivity index (χ1n) is 10.5. The van der Waals surface area contributed by atoms with E-state index in [0.717, 1.165) is 11.1 Å². The molecular formula is C24H25ClN4O3. The molecule has 1 aliphatic heterocycles. The van der Waals surface area contributed by atoms with Crippen molar-refractivity contribution >= 4 is 23.4 Å². The van der Waals surface area contributed by atoms with Crippen LogP contribution in [0.25, 0.3) is 0 Å². The van der Waals surface area contributed by atoms with Crippen LogP contribution < -0.4 is 4.74 Å². The maximum Gasteiger partial charge on any atom is 0.257 e. The second-order valence-corrected chi connectivity index (χ2v) is 8.19. The Morgan fingerprint density at radius 3 is 2.31 bits per heavy atom. The van der Waals surface area contributed by atoms with Crippen LogP contribution in [-0.4, -0.2) is 64.7 Å². The van der Waals surface area contributed by atoms with Crippen molar-refractivity contribution in [3.63, 3.8) is 0 Å². The second kappa shape index (κ2) is 9.44. The number of methoxy groups -OCH3 is 1. The minimum Gasteiger partial charge on any atom is -0.496 e. The van der Waals surface area contributed by atoms with Gasteiger partial charge < -0.3 is 14.5 Å². The number of hydrogen-bond donors (Lipinski definition) is 0. The molecule has 0 aliphatic carbocycles. The first kappa shape index (κ1) is 21.9. The molecule has 0 spiro atoms. The number of piperazine rings is 1. The first-order valence-corrected chi connectivity index (χ1v) is 10.8. The molecule has 3 aromatic rings. The van der Waals surface area contributed by atoms with Gasteiger partial charge in [-0.05, 0) is 36.2 Å². The molecule has 4 rings (SSSR count). The average Bonchev–Trinajstić information content (AvgIpc) is 3.28. The summed E-state index contributed by atoms with van der Waals surface area (Å²) in [5.41, 5.74) is 3.04. The summed E-state index contributed by atoms with van der Waals surface area (Å²) in [5, 5.41) is 4.98. The highest BCUT2D eigenvalue weighted by atomic mass is 35.5. The Bertz CT molecular complexity index is 1140. The van der Waals surface area contributed by atoms with E-state index in [1.54, 1.807) is 40.1 Å². The van der Waals surface area contributed by atoms with E-state index in [9.17, 15) is 9.59 Å². The zero-order valence-electron chi connectivity index (χ0n) is 18.1. The number of aryl methyl sites for hydroxylation is 1. The highest BCUT2D eigenvalue weighted by Crippen LogP contribution is 2.21. The van der Waals surface area contributed by atoms with Crippen LogP contribution in [0, 0.1) is 6.92 Å². The van der Waals surface area contributed by atoms with E-state index in [-0.39, 0.29) is 11.8 Å². The molecule has 0 saturated carbocycles. The van der Waals surface area contributed by atoms with E-state index in [2.05, 4.69) is 5.10 Å². The lowest BCUT2D eigenvalue weighted by Crippen LogP contribution is -2.50. The van der Waals surface area contributed by atoms with Crippen LogP contribution in [0.5, 0.6) is 5.75 Å². The minimum atomic E-state index is -0.0838. The van der Waals surface area contributed by atoms with Crippen LogP contribution in [0.2, 0.25) is 5.02 Å². The molecule has 32 heavy (non-hydrogen) atoms. The normalized spacial score (nSPS) is 13.8. The third-order valence-electron chi connectivity index (χ3n) is 5.68. The Morgan fingerprint density at radius 2 is 1.66 bits per heavy atom. The fourth-order valence-electron chi connectivity index (χ4n) is 3.79. The summed E-state index contributed by atoms with van der Waals surface area (Å²) in [6, 6.07) is 13.0. The van der Waals surface area contributed by atoms with Crippen LogP contribution >= 0.6 is 11.6 Å². The first-order chi connectivity index (χ1) is 15.5. The average molecular weight is 453 g/mol. The summed E-state index contributed by atoms with van der Waals surface area (Å²) in [7, 11) is 1.59. The summed E-state index contributed by atoms with van der Waals surface area (Å²) < 4.78 is 7.04.